The minimum atomic E-state index is -0.903. The summed E-state index contributed by atoms with van der Waals surface area (Å²) in [7, 11) is 0. The lowest BCUT2D eigenvalue weighted by molar-refractivity contribution is -0.131. The molecule has 2 fully saturated rings. The first-order valence-corrected chi connectivity index (χ1v) is 15.1. The molecule has 1 aliphatic heterocycles. The van der Waals surface area contributed by atoms with Crippen molar-refractivity contribution in [3.8, 4) is 0 Å². The maximum absolute atomic E-state index is 13.7. The van der Waals surface area contributed by atoms with Gasteiger partial charge in [-0.05, 0) is 94.9 Å². The molecule has 240 valence electrons. The Hall–Kier alpha value is -2.99. The number of rotatable bonds is 10. The highest BCUT2D eigenvalue weighted by molar-refractivity contribution is 5.79. The standard InChI is InChI=1S/C31H46F2N4O6/c1-20-10-21-14-30(5,36-28(40)42-9-8-41-7-6-34-27(39)43-29(2,3)4)19-31(13-20,15-21)35-16-26(38)37-17-22-11-24(32)25(33)12-23(22)18-37/h11-12,20-21,35H,6-10,13-19H2,1-5H3,(H,34,39)(H,36,40). The van der Waals surface area contributed by atoms with Crippen LogP contribution in [0.25, 0.3) is 0 Å². The number of benzene rings is 1. The monoisotopic (exact) mass is 608 g/mol. The van der Waals surface area contributed by atoms with Gasteiger partial charge in [-0.1, -0.05) is 6.92 Å². The zero-order valence-corrected chi connectivity index (χ0v) is 25.9. The van der Waals surface area contributed by atoms with Gasteiger partial charge in [0.2, 0.25) is 5.91 Å². The van der Waals surface area contributed by atoms with E-state index < -0.39 is 35.0 Å². The van der Waals surface area contributed by atoms with Crippen LogP contribution in [0.5, 0.6) is 0 Å². The highest BCUT2D eigenvalue weighted by atomic mass is 19.2. The van der Waals surface area contributed by atoms with Gasteiger partial charge in [0, 0.05) is 30.7 Å². The Balaban J connectivity index is 1.22. The number of nitrogens with zero attached hydrogens (tertiary/aromatic N) is 1. The number of nitrogens with one attached hydrogen (secondary N) is 3. The average molecular weight is 609 g/mol. The third-order valence-electron chi connectivity index (χ3n) is 8.33. The van der Waals surface area contributed by atoms with Crippen molar-refractivity contribution in [3.05, 3.63) is 34.9 Å². The topological polar surface area (TPSA) is 118 Å². The smallest absolute Gasteiger partial charge is 0.407 e. The molecule has 1 aromatic rings. The first-order chi connectivity index (χ1) is 20.1. The largest absolute Gasteiger partial charge is 0.447 e. The Kier molecular flexibility index (Phi) is 10.2. The summed E-state index contributed by atoms with van der Waals surface area (Å²) in [4.78, 5) is 39.1. The molecule has 1 heterocycles. The zero-order valence-electron chi connectivity index (χ0n) is 25.9. The first-order valence-electron chi connectivity index (χ1n) is 15.1. The molecular weight excluding hydrogens is 562 g/mol. The van der Waals surface area contributed by atoms with E-state index >= 15 is 0 Å². The van der Waals surface area contributed by atoms with Crippen molar-refractivity contribution < 1.29 is 37.4 Å². The van der Waals surface area contributed by atoms with Crippen molar-refractivity contribution in [2.24, 2.45) is 11.8 Å². The van der Waals surface area contributed by atoms with Gasteiger partial charge in [0.25, 0.3) is 0 Å². The third kappa shape index (κ3) is 9.25. The molecule has 43 heavy (non-hydrogen) atoms. The highest BCUT2D eigenvalue weighted by Gasteiger charge is 2.50. The fourth-order valence-electron chi connectivity index (χ4n) is 7.16. The van der Waals surface area contributed by atoms with Gasteiger partial charge in [0.05, 0.1) is 19.8 Å². The number of alkyl carbamates (subject to hydrolysis) is 2. The van der Waals surface area contributed by atoms with Crippen LogP contribution in [-0.4, -0.2) is 72.6 Å². The van der Waals surface area contributed by atoms with Crippen LogP contribution in [0, 0.1) is 23.5 Å². The van der Waals surface area contributed by atoms with E-state index in [1.54, 1.807) is 25.7 Å². The molecule has 0 saturated heterocycles. The van der Waals surface area contributed by atoms with Crippen molar-refractivity contribution in [2.45, 2.75) is 96.5 Å². The Morgan fingerprint density at radius 2 is 1.67 bits per heavy atom. The summed E-state index contributed by atoms with van der Waals surface area (Å²) in [6.45, 7) is 11.0. The summed E-state index contributed by atoms with van der Waals surface area (Å²) in [5.74, 6) is -1.07. The van der Waals surface area contributed by atoms with Crippen LogP contribution in [0.15, 0.2) is 12.1 Å². The van der Waals surface area contributed by atoms with E-state index in [1.807, 2.05) is 6.92 Å². The van der Waals surface area contributed by atoms with Gasteiger partial charge in [-0.3, -0.25) is 4.79 Å². The Morgan fingerprint density at radius 1 is 1.00 bits per heavy atom. The summed E-state index contributed by atoms with van der Waals surface area (Å²) in [6, 6.07) is 2.34. The van der Waals surface area contributed by atoms with Crippen molar-refractivity contribution in [1.82, 2.24) is 20.9 Å². The molecule has 2 bridgehead atoms. The second kappa shape index (κ2) is 13.3. The summed E-state index contributed by atoms with van der Waals surface area (Å²) < 4.78 is 43.3. The zero-order chi connectivity index (χ0) is 31.4. The van der Waals surface area contributed by atoms with Crippen LogP contribution in [0.3, 0.4) is 0 Å². The minimum absolute atomic E-state index is 0.0682. The van der Waals surface area contributed by atoms with E-state index in [4.69, 9.17) is 14.2 Å². The first kappa shape index (κ1) is 32.9. The van der Waals surface area contributed by atoms with Gasteiger partial charge in [-0.25, -0.2) is 18.4 Å². The lowest BCUT2D eigenvalue weighted by Crippen LogP contribution is -2.64. The molecule has 3 aliphatic rings. The van der Waals surface area contributed by atoms with Crippen molar-refractivity contribution in [2.75, 3.05) is 32.9 Å². The molecule has 4 atom stereocenters. The van der Waals surface area contributed by atoms with Crippen LogP contribution < -0.4 is 16.0 Å². The number of hydrogen-bond acceptors (Lipinski definition) is 7. The molecule has 4 rings (SSSR count). The van der Waals surface area contributed by atoms with Crippen LogP contribution in [-0.2, 0) is 32.1 Å². The van der Waals surface area contributed by atoms with Crippen molar-refractivity contribution >= 4 is 18.1 Å². The molecule has 3 N–H and O–H groups in total. The van der Waals surface area contributed by atoms with Gasteiger partial charge in [-0.15, -0.1) is 0 Å². The maximum atomic E-state index is 13.7. The number of amides is 3. The van der Waals surface area contributed by atoms with E-state index in [2.05, 4.69) is 22.9 Å². The molecule has 0 aromatic heterocycles. The Bertz CT molecular complexity index is 1160. The van der Waals surface area contributed by atoms with Gasteiger partial charge in [-0.2, -0.15) is 0 Å². The molecule has 2 aliphatic carbocycles. The van der Waals surface area contributed by atoms with Gasteiger partial charge in [0.1, 0.15) is 12.2 Å². The quantitative estimate of drug-likeness (QED) is 0.337. The summed E-state index contributed by atoms with van der Waals surface area (Å²) in [5, 5.41) is 9.23. The number of ether oxygens (including phenoxy) is 3. The Labute approximate surface area is 252 Å². The molecule has 10 nitrogen and oxygen atoms in total. The predicted molar refractivity (Wildman–Crippen MR) is 155 cm³/mol. The van der Waals surface area contributed by atoms with Crippen LogP contribution >= 0.6 is 0 Å². The number of carbonyl (C=O) groups is 3. The highest BCUT2D eigenvalue weighted by Crippen LogP contribution is 2.49. The van der Waals surface area contributed by atoms with E-state index in [9.17, 15) is 23.2 Å². The maximum Gasteiger partial charge on any atom is 0.407 e. The van der Waals surface area contributed by atoms with Crippen LogP contribution in [0.1, 0.15) is 77.8 Å². The predicted octanol–water partition coefficient (Wildman–Crippen LogP) is 4.39. The fraction of sp³-hybridized carbons (Fsp3) is 0.710. The number of fused-ring (bicyclic) bond motifs is 3. The van der Waals surface area contributed by atoms with Gasteiger partial charge in [0.15, 0.2) is 11.6 Å². The normalized spacial score (nSPS) is 26.4. The SMILES string of the molecule is CC1CC2CC(C)(NC(=O)OCCOCCNC(=O)OC(C)(C)C)CC(NCC(=O)N3Cc4cc(F)c(F)cc4C3)(C1)C2. The van der Waals surface area contributed by atoms with E-state index in [1.165, 1.54) is 12.1 Å². The lowest BCUT2D eigenvalue weighted by atomic mass is 9.58. The minimum Gasteiger partial charge on any atom is -0.447 e. The summed E-state index contributed by atoms with van der Waals surface area (Å²) >= 11 is 0. The summed E-state index contributed by atoms with van der Waals surface area (Å²) in [5.41, 5.74) is -0.154. The second-order valence-corrected chi connectivity index (χ2v) is 13.8. The average Bonchev–Trinajstić information content (AvgIpc) is 3.27. The molecule has 0 radical (unpaired) electrons. The van der Waals surface area contributed by atoms with Gasteiger partial charge < -0.3 is 35.1 Å². The van der Waals surface area contributed by atoms with E-state index in [0.717, 1.165) is 25.7 Å². The third-order valence-corrected chi connectivity index (χ3v) is 8.33. The molecular formula is C31H46F2N4O6. The number of halogens is 2. The molecule has 3 amide bonds. The summed E-state index contributed by atoms with van der Waals surface area (Å²) in [6.07, 6.45) is 3.27. The van der Waals surface area contributed by atoms with E-state index in [-0.39, 0.29) is 57.4 Å². The van der Waals surface area contributed by atoms with Crippen LogP contribution in [0.2, 0.25) is 0 Å². The Morgan fingerprint density at radius 3 is 2.33 bits per heavy atom. The number of hydrogen-bond donors (Lipinski definition) is 3. The molecule has 12 heteroatoms. The van der Waals surface area contributed by atoms with Crippen LogP contribution in [0.4, 0.5) is 18.4 Å². The number of carbonyl (C=O) groups excluding carboxylic acids is 3. The van der Waals surface area contributed by atoms with E-state index in [0.29, 0.717) is 29.4 Å². The van der Waals surface area contributed by atoms with Crippen molar-refractivity contribution in [1.29, 1.82) is 0 Å². The molecule has 2 saturated carbocycles. The van der Waals surface area contributed by atoms with Gasteiger partial charge >= 0.3 is 12.2 Å². The lowest BCUT2D eigenvalue weighted by Gasteiger charge is -2.54. The van der Waals surface area contributed by atoms with Crippen molar-refractivity contribution in [3.63, 3.8) is 0 Å². The molecule has 1 aromatic carbocycles. The second-order valence-electron chi connectivity index (χ2n) is 13.8. The molecule has 4 unspecified atom stereocenters. The molecule has 0 spiro atoms. The fourth-order valence-corrected chi connectivity index (χ4v) is 7.16.